The molecule has 1 heterocycles. The zero-order valence-corrected chi connectivity index (χ0v) is 12.5. The van der Waals surface area contributed by atoms with Gasteiger partial charge >= 0.3 is 6.18 Å². The fourth-order valence-corrected chi connectivity index (χ4v) is 3.31. The maximum absolute atomic E-state index is 12.7. The van der Waals surface area contributed by atoms with Gasteiger partial charge in [0.25, 0.3) is 0 Å². The van der Waals surface area contributed by atoms with Crippen LogP contribution in [0.1, 0.15) is 22.0 Å². The van der Waals surface area contributed by atoms with Crippen molar-refractivity contribution in [3.8, 4) is 0 Å². The third kappa shape index (κ3) is 3.13. The molecule has 7 heteroatoms. The molecule has 1 unspecified atom stereocenters. The third-order valence-corrected chi connectivity index (χ3v) is 4.75. The van der Waals surface area contributed by atoms with Crippen LogP contribution in [0, 0.1) is 0 Å². The predicted octanol–water partition coefficient (Wildman–Crippen LogP) is 5.23. The van der Waals surface area contributed by atoms with Gasteiger partial charge in [0.05, 0.1) is 16.6 Å². The van der Waals surface area contributed by atoms with Crippen molar-refractivity contribution < 1.29 is 13.2 Å². The lowest BCUT2D eigenvalue weighted by atomic mass is 10.0. The molecule has 1 nitrogen and oxygen atoms in total. The van der Waals surface area contributed by atoms with E-state index in [0.29, 0.717) is 19.9 Å². The van der Waals surface area contributed by atoms with Gasteiger partial charge in [0.15, 0.2) is 0 Å². The molecule has 0 aliphatic carbocycles. The van der Waals surface area contributed by atoms with Gasteiger partial charge in [-0.05, 0) is 35.2 Å². The van der Waals surface area contributed by atoms with Gasteiger partial charge in [-0.25, -0.2) is 0 Å². The van der Waals surface area contributed by atoms with Gasteiger partial charge in [-0.15, -0.1) is 11.3 Å². The minimum Gasteiger partial charge on any atom is -0.320 e. The standard InChI is InChI=1S/C12H8BrClF3NS/c13-8-2-1-6(12(15,16)17)5-7(8)10(18)11-9(14)3-4-19-11/h1-5,10H,18H2. The van der Waals surface area contributed by atoms with E-state index >= 15 is 0 Å². The molecular formula is C12H8BrClF3NS. The van der Waals surface area contributed by atoms with Crippen LogP contribution in [0.4, 0.5) is 13.2 Å². The molecule has 0 radical (unpaired) electrons. The first-order valence-electron chi connectivity index (χ1n) is 5.16. The second kappa shape index (κ2) is 5.44. The van der Waals surface area contributed by atoms with Gasteiger partial charge in [0.2, 0.25) is 0 Å². The maximum Gasteiger partial charge on any atom is 0.416 e. The number of rotatable bonds is 2. The molecule has 2 N–H and O–H groups in total. The van der Waals surface area contributed by atoms with E-state index in [-0.39, 0.29) is 0 Å². The average Bonchev–Trinajstić information content (AvgIpc) is 2.73. The van der Waals surface area contributed by atoms with Crippen molar-refractivity contribution in [3.63, 3.8) is 0 Å². The Morgan fingerprint density at radius 2 is 1.95 bits per heavy atom. The van der Waals surface area contributed by atoms with Crippen LogP contribution in [0.15, 0.2) is 34.1 Å². The average molecular weight is 371 g/mol. The summed E-state index contributed by atoms with van der Waals surface area (Å²) in [6.45, 7) is 0. The van der Waals surface area contributed by atoms with Crippen LogP contribution < -0.4 is 5.73 Å². The Hall–Kier alpha value is -0.560. The predicted molar refractivity (Wildman–Crippen MR) is 74.5 cm³/mol. The van der Waals surface area contributed by atoms with Gasteiger partial charge in [-0.1, -0.05) is 27.5 Å². The van der Waals surface area contributed by atoms with Crippen LogP contribution >= 0.6 is 38.9 Å². The first-order chi connectivity index (χ1) is 8.80. The van der Waals surface area contributed by atoms with Crippen molar-refractivity contribution in [1.29, 1.82) is 0 Å². The normalized spacial score (nSPS) is 13.6. The van der Waals surface area contributed by atoms with Gasteiger partial charge in [0.1, 0.15) is 0 Å². The van der Waals surface area contributed by atoms with Crippen LogP contribution in [-0.2, 0) is 6.18 Å². The summed E-state index contributed by atoms with van der Waals surface area (Å²) >= 11 is 10.5. The Labute approximate surface area is 125 Å². The number of alkyl halides is 3. The first kappa shape index (κ1) is 14.8. The molecule has 0 saturated heterocycles. The largest absolute Gasteiger partial charge is 0.416 e. The van der Waals surface area contributed by atoms with Gasteiger partial charge in [-0.3, -0.25) is 0 Å². The number of benzene rings is 1. The Kier molecular flexibility index (Phi) is 4.25. The van der Waals surface area contributed by atoms with Crippen LogP contribution in [0.5, 0.6) is 0 Å². The molecule has 0 amide bonds. The molecule has 19 heavy (non-hydrogen) atoms. The van der Waals surface area contributed by atoms with E-state index in [1.54, 1.807) is 11.4 Å². The van der Waals surface area contributed by atoms with Crippen LogP contribution in [-0.4, -0.2) is 0 Å². The number of hydrogen-bond donors (Lipinski definition) is 1. The smallest absolute Gasteiger partial charge is 0.320 e. The molecule has 102 valence electrons. The highest BCUT2D eigenvalue weighted by Gasteiger charge is 2.31. The van der Waals surface area contributed by atoms with Gasteiger partial charge in [0, 0.05) is 9.35 Å². The minimum atomic E-state index is -4.39. The summed E-state index contributed by atoms with van der Waals surface area (Å²) < 4.78 is 38.6. The van der Waals surface area contributed by atoms with Gasteiger partial charge < -0.3 is 5.73 Å². The molecule has 2 rings (SSSR count). The Balaban J connectivity index is 2.47. The highest BCUT2D eigenvalue weighted by atomic mass is 79.9. The van der Waals surface area contributed by atoms with E-state index in [4.69, 9.17) is 17.3 Å². The van der Waals surface area contributed by atoms with Crippen molar-refractivity contribution >= 4 is 38.9 Å². The van der Waals surface area contributed by atoms with E-state index in [9.17, 15) is 13.2 Å². The molecule has 1 aromatic carbocycles. The summed E-state index contributed by atoms with van der Waals surface area (Å²) in [6, 6.07) is 4.38. The summed E-state index contributed by atoms with van der Waals surface area (Å²) in [6.07, 6.45) is -4.39. The van der Waals surface area contributed by atoms with Crippen molar-refractivity contribution in [2.45, 2.75) is 12.2 Å². The molecule has 0 aliphatic rings. The summed E-state index contributed by atoms with van der Waals surface area (Å²) in [5.74, 6) is 0. The Morgan fingerprint density at radius 1 is 1.26 bits per heavy atom. The van der Waals surface area contributed by atoms with Crippen molar-refractivity contribution in [2.75, 3.05) is 0 Å². The summed E-state index contributed by atoms with van der Waals surface area (Å²) in [5, 5.41) is 2.21. The molecule has 1 atom stereocenters. The van der Waals surface area contributed by atoms with E-state index in [1.807, 2.05) is 0 Å². The summed E-state index contributed by atoms with van der Waals surface area (Å²) in [5.41, 5.74) is 5.64. The van der Waals surface area contributed by atoms with Crippen molar-refractivity contribution in [1.82, 2.24) is 0 Å². The summed E-state index contributed by atoms with van der Waals surface area (Å²) in [7, 11) is 0. The summed E-state index contributed by atoms with van der Waals surface area (Å²) in [4.78, 5) is 0.640. The first-order valence-corrected chi connectivity index (χ1v) is 7.21. The molecule has 2 aromatic rings. The highest BCUT2D eigenvalue weighted by Crippen LogP contribution is 2.37. The van der Waals surface area contributed by atoms with Gasteiger partial charge in [-0.2, -0.15) is 13.2 Å². The fourth-order valence-electron chi connectivity index (χ4n) is 1.63. The number of hydrogen-bond acceptors (Lipinski definition) is 2. The van der Waals surface area contributed by atoms with Crippen LogP contribution in [0.2, 0.25) is 5.02 Å². The minimum absolute atomic E-state index is 0.360. The lowest BCUT2D eigenvalue weighted by molar-refractivity contribution is -0.137. The van der Waals surface area contributed by atoms with E-state index in [2.05, 4.69) is 15.9 Å². The Bertz CT molecular complexity index is 597. The van der Waals surface area contributed by atoms with E-state index in [1.165, 1.54) is 17.4 Å². The second-order valence-corrected chi connectivity index (χ2v) is 6.05. The van der Waals surface area contributed by atoms with E-state index in [0.717, 1.165) is 12.1 Å². The molecule has 0 spiro atoms. The molecule has 0 fully saturated rings. The highest BCUT2D eigenvalue weighted by molar-refractivity contribution is 9.10. The van der Waals surface area contributed by atoms with Crippen molar-refractivity contribution in [3.05, 3.63) is 55.1 Å². The quantitative estimate of drug-likeness (QED) is 0.769. The number of nitrogens with two attached hydrogens (primary N) is 1. The lowest BCUT2D eigenvalue weighted by Crippen LogP contribution is -2.13. The molecular weight excluding hydrogens is 363 g/mol. The molecule has 0 aliphatic heterocycles. The second-order valence-electron chi connectivity index (χ2n) is 3.84. The monoisotopic (exact) mass is 369 g/mol. The molecule has 0 bridgehead atoms. The van der Waals surface area contributed by atoms with Crippen LogP contribution in [0.25, 0.3) is 0 Å². The van der Waals surface area contributed by atoms with E-state index < -0.39 is 17.8 Å². The van der Waals surface area contributed by atoms with Crippen molar-refractivity contribution in [2.24, 2.45) is 5.73 Å². The lowest BCUT2D eigenvalue weighted by Gasteiger charge is -2.16. The topological polar surface area (TPSA) is 26.0 Å². The Morgan fingerprint density at radius 3 is 2.47 bits per heavy atom. The molecule has 0 saturated carbocycles. The fraction of sp³-hybridized carbons (Fsp3) is 0.167. The van der Waals surface area contributed by atoms with Crippen LogP contribution in [0.3, 0.4) is 0 Å². The molecule has 1 aromatic heterocycles. The zero-order valence-electron chi connectivity index (χ0n) is 9.34. The SMILES string of the molecule is NC(c1cc(C(F)(F)F)ccc1Br)c1sccc1Cl. The zero-order chi connectivity index (χ0) is 14.2. The maximum atomic E-state index is 12.7. The number of thiophene rings is 1. The number of halogens is 5. The third-order valence-electron chi connectivity index (χ3n) is 2.59.